The molecule has 2 heterocycles. The number of halogens is 1. The number of carbonyl (C=O) groups excluding carboxylic acids is 1. The molecule has 1 aliphatic carbocycles. The van der Waals surface area contributed by atoms with E-state index in [1.807, 2.05) is 25.1 Å². The summed E-state index contributed by atoms with van der Waals surface area (Å²) in [5, 5.41) is 18.3. The van der Waals surface area contributed by atoms with Gasteiger partial charge in [-0.2, -0.15) is 0 Å². The van der Waals surface area contributed by atoms with Crippen molar-refractivity contribution in [3.63, 3.8) is 0 Å². The van der Waals surface area contributed by atoms with Gasteiger partial charge in [-0.1, -0.05) is 20.8 Å². The van der Waals surface area contributed by atoms with Crippen molar-refractivity contribution in [2.45, 2.75) is 58.4 Å². The molecule has 2 aromatic rings. The predicted molar refractivity (Wildman–Crippen MR) is 158 cm³/mol. The lowest BCUT2D eigenvalue weighted by atomic mass is 9.85. The van der Waals surface area contributed by atoms with Crippen LogP contribution in [0.5, 0.6) is 11.5 Å². The van der Waals surface area contributed by atoms with E-state index in [0.717, 1.165) is 50.3 Å². The van der Waals surface area contributed by atoms with Gasteiger partial charge in [0.05, 0.1) is 37.5 Å². The number of aliphatic hydroxyl groups is 1. The molecule has 0 atom stereocenters. The lowest BCUT2D eigenvalue weighted by Crippen LogP contribution is -2.47. The topological polar surface area (TPSA) is 89.3 Å². The number of nitrogens with one attached hydrogen (secondary N) is 1. The van der Waals surface area contributed by atoms with E-state index in [1.165, 1.54) is 0 Å². The van der Waals surface area contributed by atoms with Gasteiger partial charge in [-0.3, -0.25) is 15.1 Å². The molecule has 1 saturated heterocycles. The molecule has 2 N–H and O–H groups in total. The summed E-state index contributed by atoms with van der Waals surface area (Å²) in [6, 6.07) is 7.93. The van der Waals surface area contributed by atoms with Crippen molar-refractivity contribution < 1.29 is 23.8 Å². The molecule has 2 aromatic carbocycles. The van der Waals surface area contributed by atoms with E-state index in [4.69, 9.17) is 14.9 Å². The van der Waals surface area contributed by atoms with Gasteiger partial charge in [-0.05, 0) is 67.5 Å². The van der Waals surface area contributed by atoms with E-state index in [-0.39, 0.29) is 48.1 Å². The first-order valence-corrected chi connectivity index (χ1v) is 14.8. The third kappa shape index (κ3) is 5.42. The second-order valence-corrected chi connectivity index (χ2v) is 12.3. The molecule has 3 aliphatic rings. The number of nitrogens with zero attached hydrogens (tertiary/aromatic N) is 3. The standard InChI is InChI=1S/C32H43FN4O4/c1-6-40-26-19-24-27(28(33)29(26)41-7-2)30(34)37(32(24)8-9-32)20-25(39)21-16-22(31(3,4)5)18-23(17-21)36-12-10-35(11-13-36)14-15-38/h16-19,34,38H,6-15,20H2,1-5H3. The van der Waals surface area contributed by atoms with Crippen molar-refractivity contribution >= 4 is 17.3 Å². The Hall–Kier alpha value is -3.17. The smallest absolute Gasteiger partial charge is 0.197 e. The molecule has 41 heavy (non-hydrogen) atoms. The summed E-state index contributed by atoms with van der Waals surface area (Å²) in [5.74, 6) is -0.269. The first-order chi connectivity index (χ1) is 19.5. The molecule has 8 nitrogen and oxygen atoms in total. The second-order valence-electron chi connectivity index (χ2n) is 12.3. The van der Waals surface area contributed by atoms with Crippen molar-refractivity contribution in [3.05, 3.63) is 52.3 Å². The normalized spacial score (nSPS) is 18.2. The molecule has 0 unspecified atom stereocenters. The number of Topliss-reactive ketones (excluding diaryl/α,β-unsaturated/α-hetero) is 1. The molecule has 0 amide bonds. The zero-order valence-electron chi connectivity index (χ0n) is 25.0. The van der Waals surface area contributed by atoms with Crippen LogP contribution in [-0.2, 0) is 11.0 Å². The maximum Gasteiger partial charge on any atom is 0.197 e. The third-order valence-electron chi connectivity index (χ3n) is 8.59. The number of fused-ring (bicyclic) bond motifs is 2. The minimum Gasteiger partial charge on any atom is -0.490 e. The summed E-state index contributed by atoms with van der Waals surface area (Å²) in [6.45, 7) is 14.9. The molecule has 0 bridgehead atoms. The highest BCUT2D eigenvalue weighted by Gasteiger charge is 2.58. The van der Waals surface area contributed by atoms with Crippen LogP contribution < -0.4 is 14.4 Å². The molecule has 2 fully saturated rings. The van der Waals surface area contributed by atoms with Gasteiger partial charge in [0.15, 0.2) is 23.1 Å². The van der Waals surface area contributed by atoms with Crippen LogP contribution in [0.1, 0.15) is 74.5 Å². The van der Waals surface area contributed by atoms with Crippen LogP contribution in [0.15, 0.2) is 24.3 Å². The Labute approximate surface area is 242 Å². The van der Waals surface area contributed by atoms with Crippen molar-refractivity contribution in [1.29, 1.82) is 5.41 Å². The highest BCUT2D eigenvalue weighted by atomic mass is 19.1. The van der Waals surface area contributed by atoms with E-state index in [2.05, 4.69) is 36.6 Å². The Bertz CT molecular complexity index is 1330. The number of hydrogen-bond acceptors (Lipinski definition) is 7. The SMILES string of the molecule is CCOc1cc2c(c(F)c1OCC)C(=N)N(CC(=O)c1cc(N3CCN(CCO)CC3)cc(C(C)(C)C)c1)C21CC1. The summed E-state index contributed by atoms with van der Waals surface area (Å²) in [4.78, 5) is 20.3. The number of carbonyl (C=O) groups is 1. The quantitative estimate of drug-likeness (QED) is 0.408. The molecular formula is C32H43FN4O4. The van der Waals surface area contributed by atoms with E-state index in [1.54, 1.807) is 11.8 Å². The van der Waals surface area contributed by atoms with E-state index < -0.39 is 11.4 Å². The fourth-order valence-corrected chi connectivity index (χ4v) is 6.12. The van der Waals surface area contributed by atoms with Gasteiger partial charge in [0.25, 0.3) is 0 Å². The molecule has 222 valence electrons. The van der Waals surface area contributed by atoms with Gasteiger partial charge in [0, 0.05) is 44.0 Å². The summed E-state index contributed by atoms with van der Waals surface area (Å²) in [5.41, 5.74) is 2.90. The lowest BCUT2D eigenvalue weighted by Gasteiger charge is -2.36. The largest absolute Gasteiger partial charge is 0.490 e. The van der Waals surface area contributed by atoms with Crippen LogP contribution in [0.3, 0.4) is 0 Å². The van der Waals surface area contributed by atoms with Crippen molar-refractivity contribution in [3.8, 4) is 11.5 Å². The van der Waals surface area contributed by atoms with Gasteiger partial charge >= 0.3 is 0 Å². The van der Waals surface area contributed by atoms with Gasteiger partial charge in [0.1, 0.15) is 5.84 Å². The molecule has 5 rings (SSSR count). The molecule has 0 aromatic heterocycles. The number of hydrogen-bond donors (Lipinski definition) is 2. The van der Waals surface area contributed by atoms with Crippen molar-refractivity contribution in [1.82, 2.24) is 9.80 Å². The lowest BCUT2D eigenvalue weighted by molar-refractivity contribution is 0.0943. The molecule has 9 heteroatoms. The Kier molecular flexibility index (Phi) is 8.05. The number of anilines is 1. The fourth-order valence-electron chi connectivity index (χ4n) is 6.12. The molecular weight excluding hydrogens is 523 g/mol. The number of rotatable bonds is 10. The average molecular weight is 567 g/mol. The average Bonchev–Trinajstić information content (AvgIpc) is 3.71. The Balaban J connectivity index is 1.45. The van der Waals surface area contributed by atoms with Crippen LogP contribution in [0, 0.1) is 11.2 Å². The maximum atomic E-state index is 15.8. The second kappa shape index (κ2) is 11.2. The van der Waals surface area contributed by atoms with E-state index in [9.17, 15) is 9.90 Å². The minimum absolute atomic E-state index is 0.00178. The van der Waals surface area contributed by atoms with Crippen LogP contribution in [0.4, 0.5) is 10.1 Å². The first-order valence-electron chi connectivity index (χ1n) is 14.8. The summed E-state index contributed by atoms with van der Waals surface area (Å²) < 4.78 is 27.2. The summed E-state index contributed by atoms with van der Waals surface area (Å²) in [7, 11) is 0. The number of ether oxygens (including phenoxy) is 2. The number of piperazine rings is 1. The number of benzene rings is 2. The highest BCUT2D eigenvalue weighted by molar-refractivity contribution is 6.07. The fraction of sp³-hybridized carbons (Fsp3) is 0.562. The first kappa shape index (κ1) is 29.3. The number of amidine groups is 1. The zero-order valence-corrected chi connectivity index (χ0v) is 25.0. The summed E-state index contributed by atoms with van der Waals surface area (Å²) >= 11 is 0. The van der Waals surface area contributed by atoms with E-state index in [0.29, 0.717) is 30.0 Å². The van der Waals surface area contributed by atoms with Crippen LogP contribution in [0.2, 0.25) is 0 Å². The maximum absolute atomic E-state index is 15.8. The molecule has 1 spiro atoms. The van der Waals surface area contributed by atoms with Gasteiger partial charge in [-0.25, -0.2) is 4.39 Å². The number of β-amino-alcohol motifs (C(OH)–C–C–N with tert-alkyl or cyclic N) is 1. The third-order valence-corrected chi connectivity index (χ3v) is 8.59. The van der Waals surface area contributed by atoms with Gasteiger partial charge in [0.2, 0.25) is 0 Å². The zero-order chi connectivity index (χ0) is 29.5. The minimum atomic E-state index is -0.587. The number of ketones is 1. The van der Waals surface area contributed by atoms with Crippen LogP contribution in [-0.4, -0.2) is 85.6 Å². The molecule has 0 radical (unpaired) electrons. The Morgan fingerprint density at radius 2 is 1.73 bits per heavy atom. The van der Waals surface area contributed by atoms with Crippen molar-refractivity contribution in [2.24, 2.45) is 0 Å². The van der Waals surface area contributed by atoms with E-state index >= 15 is 4.39 Å². The van der Waals surface area contributed by atoms with Crippen LogP contribution in [0.25, 0.3) is 0 Å². The highest BCUT2D eigenvalue weighted by Crippen LogP contribution is 2.59. The number of aliphatic hydroxyl groups excluding tert-OH is 1. The summed E-state index contributed by atoms with van der Waals surface area (Å²) in [6.07, 6.45) is 1.50. The Morgan fingerprint density at radius 3 is 2.32 bits per heavy atom. The molecule has 1 saturated carbocycles. The predicted octanol–water partition coefficient (Wildman–Crippen LogP) is 4.55. The van der Waals surface area contributed by atoms with Gasteiger partial charge in [-0.15, -0.1) is 0 Å². The Morgan fingerprint density at radius 1 is 1.05 bits per heavy atom. The van der Waals surface area contributed by atoms with Crippen LogP contribution >= 0.6 is 0 Å². The molecule has 2 aliphatic heterocycles. The van der Waals surface area contributed by atoms with Crippen molar-refractivity contribution in [2.75, 3.05) is 64.0 Å². The monoisotopic (exact) mass is 566 g/mol. The van der Waals surface area contributed by atoms with Gasteiger partial charge < -0.3 is 24.4 Å².